The first-order chi connectivity index (χ1) is 25.8. The van der Waals surface area contributed by atoms with Gasteiger partial charge in [0.2, 0.25) is 5.56 Å². The maximum Gasteiger partial charge on any atom is 0.412 e. The number of nitrogens with one attached hydrogen (secondary N) is 2. The summed E-state index contributed by atoms with van der Waals surface area (Å²) in [5.41, 5.74) is 5.76. The Hall–Kier alpha value is -5.30. The van der Waals surface area contributed by atoms with Crippen molar-refractivity contribution in [2.24, 2.45) is 5.92 Å². The van der Waals surface area contributed by atoms with Crippen molar-refractivity contribution in [3.8, 4) is 22.6 Å². The summed E-state index contributed by atoms with van der Waals surface area (Å²) in [5.74, 6) is 1.19. The fraction of sp³-hybridized carbons (Fsp3) is 0.349. The average Bonchev–Trinajstić information content (AvgIpc) is 3.18. The van der Waals surface area contributed by atoms with Crippen LogP contribution < -0.4 is 20.5 Å². The minimum atomic E-state index is -0.882. The number of halogens is 2. The predicted molar refractivity (Wildman–Crippen MR) is 213 cm³/mol. The molecule has 2 bridgehead atoms. The molecule has 1 aromatic heterocycles. The van der Waals surface area contributed by atoms with Gasteiger partial charge < -0.3 is 35.3 Å². The largest absolute Gasteiger partial charge is 0.506 e. The van der Waals surface area contributed by atoms with Crippen LogP contribution >= 0.6 is 0 Å². The molecule has 3 aliphatic heterocycles. The number of pyridine rings is 1. The van der Waals surface area contributed by atoms with Gasteiger partial charge in [-0.25, -0.2) is 4.79 Å². The minimum Gasteiger partial charge on any atom is -0.506 e. The number of fused-ring (bicyclic) bond motifs is 4. The number of phenols is 1. The van der Waals surface area contributed by atoms with E-state index in [1.807, 2.05) is 36.4 Å². The number of carbonyl (C=O) groups is 1. The number of carboxylic acid groups (broad SMARTS) is 1. The van der Waals surface area contributed by atoms with Crippen molar-refractivity contribution in [2.75, 3.05) is 44.2 Å². The van der Waals surface area contributed by atoms with E-state index >= 15 is 0 Å². The summed E-state index contributed by atoms with van der Waals surface area (Å²) in [6, 6.07) is 30.6. The topological polar surface area (TPSA) is 138 Å². The Bertz CT molecular complexity index is 2070. The fourth-order valence-electron chi connectivity index (χ4n) is 7.95. The lowest BCUT2D eigenvalue weighted by molar-refractivity contribution is 0.0838. The van der Waals surface area contributed by atoms with Crippen molar-refractivity contribution < 1.29 is 34.3 Å². The van der Waals surface area contributed by atoms with Crippen LogP contribution in [0.2, 0.25) is 0 Å². The molecule has 4 aromatic carbocycles. The van der Waals surface area contributed by atoms with Crippen molar-refractivity contribution in [1.82, 2.24) is 15.2 Å². The molecule has 0 spiro atoms. The number of hydrogen-bond acceptors (Lipinski definition) is 7. The molecule has 0 unspecified atom stereocenters. The Balaban J connectivity index is 0.00000290. The lowest BCUT2D eigenvalue weighted by atomic mass is 9.82. The Morgan fingerprint density at radius 2 is 1.65 bits per heavy atom. The van der Waals surface area contributed by atoms with Gasteiger partial charge in [-0.1, -0.05) is 54.6 Å². The van der Waals surface area contributed by atoms with Gasteiger partial charge in [0.05, 0.1) is 30.0 Å². The molecule has 5 aromatic rings. The number of aromatic amines is 1. The highest BCUT2D eigenvalue weighted by atomic mass is 19.0. The van der Waals surface area contributed by atoms with Gasteiger partial charge in [0.25, 0.3) is 0 Å². The van der Waals surface area contributed by atoms with E-state index < -0.39 is 12.2 Å². The van der Waals surface area contributed by atoms with Crippen LogP contribution in [0, 0.1) is 5.92 Å². The fourth-order valence-corrected chi connectivity index (χ4v) is 7.95. The third-order valence-electron chi connectivity index (χ3n) is 10.8. The van der Waals surface area contributed by atoms with Crippen LogP contribution in [0.1, 0.15) is 48.5 Å². The summed E-state index contributed by atoms with van der Waals surface area (Å²) in [5, 5.41) is 35.3. The van der Waals surface area contributed by atoms with Crippen LogP contribution in [0.4, 0.5) is 19.9 Å². The highest BCUT2D eigenvalue weighted by molar-refractivity contribution is 5.94. The second-order valence-electron chi connectivity index (χ2n) is 14.3. The molecule has 1 amide bonds. The quantitative estimate of drug-likeness (QED) is 0.0717. The molecule has 3 fully saturated rings. The Morgan fingerprint density at radius 3 is 2.36 bits per heavy atom. The molecular formula is C43H50F2N4O6. The minimum absolute atomic E-state index is 0. The molecule has 8 rings (SSSR count). The monoisotopic (exact) mass is 756 g/mol. The number of aryl methyl sites for hydroxylation is 1. The number of nitrogens with zero attached hydrogens (tertiary/aromatic N) is 2. The smallest absolute Gasteiger partial charge is 0.412 e. The molecule has 3 saturated heterocycles. The maximum atomic E-state index is 12.8. The van der Waals surface area contributed by atoms with E-state index in [2.05, 4.69) is 51.6 Å². The normalized spacial score (nSPS) is 17.9. The van der Waals surface area contributed by atoms with E-state index in [4.69, 9.17) is 4.74 Å². The van der Waals surface area contributed by atoms with Gasteiger partial charge >= 0.3 is 6.09 Å². The highest BCUT2D eigenvalue weighted by Crippen LogP contribution is 2.39. The molecule has 55 heavy (non-hydrogen) atoms. The first-order valence-corrected chi connectivity index (χ1v) is 18.7. The Kier molecular flexibility index (Phi) is 14.0. The highest BCUT2D eigenvalue weighted by Gasteiger charge is 2.40. The van der Waals surface area contributed by atoms with Crippen LogP contribution in [-0.2, 0) is 12.8 Å². The molecule has 0 aliphatic carbocycles. The summed E-state index contributed by atoms with van der Waals surface area (Å²) in [6.07, 6.45) is 3.92. The molecule has 292 valence electrons. The van der Waals surface area contributed by atoms with Crippen LogP contribution in [0.25, 0.3) is 22.0 Å². The van der Waals surface area contributed by atoms with Gasteiger partial charge in [-0.05, 0) is 123 Å². The second-order valence-corrected chi connectivity index (χ2v) is 14.3. The number of aliphatic hydroxyl groups is 1. The van der Waals surface area contributed by atoms with E-state index in [0.717, 1.165) is 86.3 Å². The van der Waals surface area contributed by atoms with E-state index in [1.165, 1.54) is 17.7 Å². The Morgan fingerprint density at radius 1 is 0.909 bits per heavy atom. The van der Waals surface area contributed by atoms with Crippen LogP contribution in [0.3, 0.4) is 0 Å². The van der Waals surface area contributed by atoms with E-state index in [9.17, 15) is 24.9 Å². The summed E-state index contributed by atoms with van der Waals surface area (Å²) >= 11 is 0. The van der Waals surface area contributed by atoms with Gasteiger partial charge in [-0.15, -0.1) is 0 Å². The van der Waals surface area contributed by atoms with Crippen LogP contribution in [0.5, 0.6) is 11.5 Å². The number of hydrogen-bond donors (Lipinski definition) is 5. The molecule has 3 aliphatic rings. The number of H-pyrrole nitrogens is 1. The van der Waals surface area contributed by atoms with Crippen molar-refractivity contribution in [2.45, 2.75) is 50.7 Å². The van der Waals surface area contributed by atoms with Gasteiger partial charge in [0, 0.05) is 30.1 Å². The maximum absolute atomic E-state index is 12.8. The van der Waals surface area contributed by atoms with Gasteiger partial charge in [-0.3, -0.25) is 19.1 Å². The predicted octanol–water partition coefficient (Wildman–Crippen LogP) is 7.05. The van der Waals surface area contributed by atoms with Gasteiger partial charge in [-0.2, -0.15) is 0 Å². The van der Waals surface area contributed by atoms with E-state index in [1.54, 1.807) is 17.0 Å². The van der Waals surface area contributed by atoms with Crippen LogP contribution in [0.15, 0.2) is 102 Å². The van der Waals surface area contributed by atoms with Crippen molar-refractivity contribution in [3.05, 3.63) is 124 Å². The second kappa shape index (κ2) is 18.8. The number of unbranched alkanes of at least 4 members (excludes halogenated alkanes) is 1. The van der Waals surface area contributed by atoms with E-state index in [-0.39, 0.29) is 26.8 Å². The first kappa shape index (κ1) is 40.9. The summed E-state index contributed by atoms with van der Waals surface area (Å²) in [7, 11) is 0. The zero-order valence-corrected chi connectivity index (χ0v) is 30.7. The lowest BCUT2D eigenvalue weighted by Gasteiger charge is -2.48. The number of anilines is 1. The summed E-state index contributed by atoms with van der Waals surface area (Å²) in [6.45, 7) is 4.53. The summed E-state index contributed by atoms with van der Waals surface area (Å²) in [4.78, 5) is 31.1. The molecule has 0 radical (unpaired) electrons. The first-order valence-electron chi connectivity index (χ1n) is 18.7. The number of benzene rings is 4. The zero-order chi connectivity index (χ0) is 36.7. The molecule has 4 heterocycles. The molecular weight excluding hydrogens is 706 g/mol. The lowest BCUT2D eigenvalue weighted by Crippen LogP contribution is -2.58. The third-order valence-corrected chi connectivity index (χ3v) is 10.8. The number of aromatic nitrogens is 1. The molecule has 12 heteroatoms. The van der Waals surface area contributed by atoms with Crippen molar-refractivity contribution >= 4 is 22.7 Å². The molecule has 0 saturated carbocycles. The average molecular weight is 757 g/mol. The number of phenolic OH excluding ortho intramolecular Hbond substituents is 1. The molecule has 5 N–H and O–H groups in total. The van der Waals surface area contributed by atoms with E-state index in [0.29, 0.717) is 42.1 Å². The SMILES string of the molecule is F.F.O=C(O)N(c1ccc(CCCCOc2ccc(CCNC[C@@H](O)c3ccc(O)c4[nH]c(=O)ccc34)cc2)cc1-c1ccccc1)[C@H]1CN2CCC1CC2. The number of aliphatic hydroxyl groups excluding tert-OH is 1. The number of ether oxygens (including phenoxy) is 1. The zero-order valence-electron chi connectivity index (χ0n) is 30.7. The number of aromatic hydroxyl groups is 1. The number of piperidine rings is 3. The van der Waals surface area contributed by atoms with Crippen molar-refractivity contribution in [3.63, 3.8) is 0 Å². The summed E-state index contributed by atoms with van der Waals surface area (Å²) < 4.78 is 6.05. The van der Waals surface area contributed by atoms with Gasteiger partial charge in [0.1, 0.15) is 11.5 Å². The number of rotatable bonds is 15. The molecule has 2 atom stereocenters. The van der Waals surface area contributed by atoms with Crippen molar-refractivity contribution in [1.29, 1.82) is 0 Å². The third kappa shape index (κ3) is 9.69. The van der Waals surface area contributed by atoms with Crippen LogP contribution in [-0.4, -0.2) is 76.7 Å². The Labute approximate surface area is 319 Å². The molecule has 10 nitrogen and oxygen atoms in total. The standard InChI is InChI=1S/C43H48N4O6.2FH/c48-39-17-14-34(35-15-18-41(50)45-42(35)39)40(49)27-44-22-19-29-9-12-33(13-10-29)53-25-5-4-6-30-11-16-37(36(26-30)31-7-2-1-3-8-31)47(43(51)52)38-28-46-23-20-32(38)21-24-46;;/h1-3,7-18,26,32,38,40,44,48-49H,4-6,19-25,27-28H2,(H,45,50)(H,51,52);2*1H/t38-,40+;;/m0../s1. The van der Waals surface area contributed by atoms with Gasteiger partial charge in [0.15, 0.2) is 0 Å². The number of amides is 1.